The van der Waals surface area contributed by atoms with Crippen molar-refractivity contribution in [1.82, 2.24) is 0 Å². The van der Waals surface area contributed by atoms with Crippen LogP contribution in [-0.4, -0.2) is 0 Å². The molecule has 0 amide bonds. The SMILES string of the molecule is Clc1ccc(Br)c2sc(I)cc12. The van der Waals surface area contributed by atoms with Crippen LogP contribution in [0.15, 0.2) is 22.7 Å². The van der Waals surface area contributed by atoms with E-state index in [1.165, 1.54) is 7.58 Å². The highest BCUT2D eigenvalue weighted by molar-refractivity contribution is 14.1. The first-order valence-electron chi connectivity index (χ1n) is 3.21. The van der Waals surface area contributed by atoms with Gasteiger partial charge in [0.15, 0.2) is 0 Å². The van der Waals surface area contributed by atoms with Crippen LogP contribution in [0, 0.1) is 2.88 Å². The quantitative estimate of drug-likeness (QED) is 0.575. The van der Waals surface area contributed by atoms with Crippen molar-refractivity contribution in [3.8, 4) is 0 Å². The molecule has 0 saturated heterocycles. The molecular formula is C8H3BrClIS. The number of rotatable bonds is 0. The maximum atomic E-state index is 6.02. The van der Waals surface area contributed by atoms with Gasteiger partial charge in [-0.05, 0) is 56.7 Å². The molecule has 0 spiro atoms. The van der Waals surface area contributed by atoms with Gasteiger partial charge in [0, 0.05) is 14.9 Å². The predicted molar refractivity (Wildman–Crippen MR) is 67.3 cm³/mol. The van der Waals surface area contributed by atoms with E-state index < -0.39 is 0 Å². The second kappa shape index (κ2) is 3.44. The van der Waals surface area contributed by atoms with E-state index in [0.717, 1.165) is 14.9 Å². The van der Waals surface area contributed by atoms with Crippen LogP contribution in [0.3, 0.4) is 0 Å². The standard InChI is InChI=1S/C8H3BrClIS/c9-5-1-2-6(10)4-3-7(11)12-8(4)5/h1-3H. The van der Waals surface area contributed by atoms with E-state index in [0.29, 0.717) is 0 Å². The van der Waals surface area contributed by atoms with E-state index in [4.69, 9.17) is 11.6 Å². The zero-order valence-electron chi connectivity index (χ0n) is 5.77. The molecular weight excluding hydrogens is 370 g/mol. The predicted octanol–water partition coefficient (Wildman–Crippen LogP) is 4.92. The summed E-state index contributed by atoms with van der Waals surface area (Å²) in [6.45, 7) is 0. The fourth-order valence-electron chi connectivity index (χ4n) is 1.03. The lowest BCUT2D eigenvalue weighted by Gasteiger charge is -1.94. The minimum atomic E-state index is 0.826. The van der Waals surface area contributed by atoms with Gasteiger partial charge in [-0.1, -0.05) is 11.6 Å². The van der Waals surface area contributed by atoms with Crippen molar-refractivity contribution in [2.45, 2.75) is 0 Å². The molecule has 12 heavy (non-hydrogen) atoms. The van der Waals surface area contributed by atoms with Crippen molar-refractivity contribution >= 4 is 71.5 Å². The Bertz CT molecular complexity index is 399. The van der Waals surface area contributed by atoms with Crippen molar-refractivity contribution in [1.29, 1.82) is 0 Å². The molecule has 62 valence electrons. The Morgan fingerprint density at radius 3 is 2.83 bits per heavy atom. The fraction of sp³-hybridized carbons (Fsp3) is 0. The van der Waals surface area contributed by atoms with Crippen molar-refractivity contribution in [3.63, 3.8) is 0 Å². The molecule has 0 unspecified atom stereocenters. The fourth-order valence-corrected chi connectivity index (χ4v) is 3.67. The molecule has 0 aliphatic heterocycles. The Labute approximate surface area is 101 Å². The molecule has 0 saturated carbocycles. The number of hydrogen-bond acceptors (Lipinski definition) is 1. The molecule has 0 aliphatic carbocycles. The minimum absolute atomic E-state index is 0.826. The smallest absolute Gasteiger partial charge is 0.0666 e. The van der Waals surface area contributed by atoms with E-state index >= 15 is 0 Å². The van der Waals surface area contributed by atoms with Gasteiger partial charge in [0.25, 0.3) is 0 Å². The highest BCUT2D eigenvalue weighted by Gasteiger charge is 2.06. The monoisotopic (exact) mass is 372 g/mol. The molecule has 2 aromatic rings. The Morgan fingerprint density at radius 1 is 1.42 bits per heavy atom. The molecule has 4 heteroatoms. The molecule has 0 fully saturated rings. The number of fused-ring (bicyclic) bond motifs is 1. The van der Waals surface area contributed by atoms with E-state index in [9.17, 15) is 0 Å². The van der Waals surface area contributed by atoms with Gasteiger partial charge >= 0.3 is 0 Å². The summed E-state index contributed by atoms with van der Waals surface area (Å²) in [5.41, 5.74) is 0. The normalized spacial score (nSPS) is 10.9. The molecule has 1 aromatic carbocycles. The van der Waals surface area contributed by atoms with E-state index in [-0.39, 0.29) is 0 Å². The highest BCUT2D eigenvalue weighted by atomic mass is 127. The number of benzene rings is 1. The molecule has 2 rings (SSSR count). The van der Waals surface area contributed by atoms with Crippen molar-refractivity contribution in [2.75, 3.05) is 0 Å². The van der Waals surface area contributed by atoms with Gasteiger partial charge in [0.1, 0.15) is 0 Å². The minimum Gasteiger partial charge on any atom is -0.128 e. The Kier molecular flexibility index (Phi) is 2.65. The van der Waals surface area contributed by atoms with Gasteiger partial charge in [-0.25, -0.2) is 0 Å². The summed E-state index contributed by atoms with van der Waals surface area (Å²) in [6, 6.07) is 6.00. The molecule has 0 atom stereocenters. The molecule has 1 heterocycles. The average Bonchev–Trinajstić information content (AvgIpc) is 2.41. The molecule has 0 aliphatic rings. The Hall–Kier alpha value is 0.680. The Morgan fingerprint density at radius 2 is 2.17 bits per heavy atom. The first-order valence-corrected chi connectivity index (χ1v) is 6.28. The first kappa shape index (κ1) is 9.24. The Balaban J connectivity index is 2.93. The van der Waals surface area contributed by atoms with Gasteiger partial charge in [-0.15, -0.1) is 11.3 Å². The zero-order chi connectivity index (χ0) is 8.72. The maximum absolute atomic E-state index is 6.02. The van der Waals surface area contributed by atoms with Gasteiger partial charge < -0.3 is 0 Å². The summed E-state index contributed by atoms with van der Waals surface area (Å²) in [5, 5.41) is 1.97. The molecule has 0 N–H and O–H groups in total. The summed E-state index contributed by atoms with van der Waals surface area (Å²) in [5.74, 6) is 0. The lowest BCUT2D eigenvalue weighted by Crippen LogP contribution is -1.67. The van der Waals surface area contributed by atoms with Gasteiger partial charge in [-0.3, -0.25) is 0 Å². The van der Waals surface area contributed by atoms with E-state index in [2.05, 4.69) is 44.6 Å². The third-order valence-corrected chi connectivity index (χ3v) is 4.73. The van der Waals surface area contributed by atoms with Crippen molar-refractivity contribution in [2.24, 2.45) is 0 Å². The zero-order valence-corrected chi connectivity index (χ0v) is 11.1. The summed E-state index contributed by atoms with van der Waals surface area (Å²) in [4.78, 5) is 0. The van der Waals surface area contributed by atoms with Crippen LogP contribution in [0.5, 0.6) is 0 Å². The van der Waals surface area contributed by atoms with Crippen LogP contribution in [0.4, 0.5) is 0 Å². The lowest BCUT2D eigenvalue weighted by molar-refractivity contribution is 1.79. The van der Waals surface area contributed by atoms with E-state index in [1.54, 1.807) is 11.3 Å². The summed E-state index contributed by atoms with van der Waals surface area (Å²) in [6.07, 6.45) is 0. The van der Waals surface area contributed by atoms with Crippen LogP contribution in [0.25, 0.3) is 10.1 Å². The third-order valence-electron chi connectivity index (χ3n) is 1.55. The summed E-state index contributed by atoms with van der Waals surface area (Å²) in [7, 11) is 0. The molecule has 0 radical (unpaired) electrons. The van der Waals surface area contributed by atoms with Gasteiger partial charge in [0.05, 0.1) is 7.58 Å². The van der Waals surface area contributed by atoms with Crippen LogP contribution < -0.4 is 0 Å². The van der Waals surface area contributed by atoms with Crippen LogP contribution in [-0.2, 0) is 0 Å². The molecule has 0 nitrogen and oxygen atoms in total. The summed E-state index contributed by atoms with van der Waals surface area (Å²) >= 11 is 13.6. The third kappa shape index (κ3) is 1.52. The van der Waals surface area contributed by atoms with Crippen molar-refractivity contribution < 1.29 is 0 Å². The first-order chi connectivity index (χ1) is 5.68. The van der Waals surface area contributed by atoms with Crippen molar-refractivity contribution in [3.05, 3.63) is 30.6 Å². The van der Waals surface area contributed by atoms with Gasteiger partial charge in [-0.2, -0.15) is 0 Å². The van der Waals surface area contributed by atoms with E-state index in [1.807, 2.05) is 12.1 Å². The molecule has 1 aromatic heterocycles. The average molecular weight is 373 g/mol. The maximum Gasteiger partial charge on any atom is 0.0666 e. The van der Waals surface area contributed by atoms with Crippen LogP contribution in [0.1, 0.15) is 0 Å². The second-order valence-electron chi connectivity index (χ2n) is 2.32. The largest absolute Gasteiger partial charge is 0.128 e. The number of halogens is 3. The topological polar surface area (TPSA) is 0 Å². The lowest BCUT2D eigenvalue weighted by atomic mass is 10.3. The van der Waals surface area contributed by atoms with Crippen LogP contribution in [0.2, 0.25) is 5.02 Å². The molecule has 0 bridgehead atoms. The highest BCUT2D eigenvalue weighted by Crippen LogP contribution is 2.36. The van der Waals surface area contributed by atoms with Gasteiger partial charge in [0.2, 0.25) is 0 Å². The summed E-state index contributed by atoms with van der Waals surface area (Å²) < 4.78 is 3.61. The number of thiophene rings is 1. The van der Waals surface area contributed by atoms with Crippen LogP contribution >= 0.6 is 61.5 Å². The number of hydrogen-bond donors (Lipinski definition) is 0. The second-order valence-corrected chi connectivity index (χ2v) is 6.53.